The van der Waals surface area contributed by atoms with Gasteiger partial charge in [-0.1, -0.05) is 24.3 Å². The number of fused-ring (bicyclic) bond motifs is 1. The smallest absolute Gasteiger partial charge is 0.124 e. The van der Waals surface area contributed by atoms with Crippen LogP contribution in [-0.2, 0) is 0 Å². The number of rotatable bonds is 1. The molecule has 3 aromatic rings. The van der Waals surface area contributed by atoms with E-state index >= 15 is 0 Å². The second-order valence-electron chi connectivity index (χ2n) is 3.95. The summed E-state index contributed by atoms with van der Waals surface area (Å²) in [6.07, 6.45) is 0. The van der Waals surface area contributed by atoms with E-state index in [9.17, 15) is 0 Å². The molecule has 17 heavy (non-hydrogen) atoms. The fraction of sp³-hybridized carbons (Fsp3) is 0.0714. The highest BCUT2D eigenvalue weighted by Gasteiger charge is 2.07. The highest BCUT2D eigenvalue weighted by atomic mass is 127. The summed E-state index contributed by atoms with van der Waals surface area (Å²) in [6.45, 7) is 2.11. The molecule has 2 aromatic carbocycles. The molecular formula is C14H10INS. The third-order valence-corrected chi connectivity index (χ3v) is 4.50. The molecule has 3 rings (SSSR count). The molecule has 0 bridgehead atoms. The summed E-state index contributed by atoms with van der Waals surface area (Å²) in [5.74, 6) is 0. The van der Waals surface area contributed by atoms with Gasteiger partial charge in [-0.2, -0.15) is 0 Å². The first-order valence-corrected chi connectivity index (χ1v) is 7.26. The van der Waals surface area contributed by atoms with E-state index in [4.69, 9.17) is 4.98 Å². The zero-order chi connectivity index (χ0) is 11.8. The molecule has 0 aliphatic carbocycles. The van der Waals surface area contributed by atoms with E-state index in [-0.39, 0.29) is 0 Å². The largest absolute Gasteiger partial charge is 0.236 e. The van der Waals surface area contributed by atoms with Crippen molar-refractivity contribution in [2.24, 2.45) is 0 Å². The quantitative estimate of drug-likeness (QED) is 0.570. The predicted octanol–water partition coefficient (Wildman–Crippen LogP) is 4.88. The van der Waals surface area contributed by atoms with Crippen LogP contribution in [0.5, 0.6) is 0 Å². The lowest BCUT2D eigenvalue weighted by Crippen LogP contribution is -1.78. The standard InChI is InChI=1S/C14H10INS/c1-9-3-2-4-12-13(9)16-14(17-12)10-5-7-11(15)8-6-10/h2-8H,1H3. The molecule has 0 aliphatic heterocycles. The Bertz CT molecular complexity index is 670. The lowest BCUT2D eigenvalue weighted by Gasteiger charge is -1.95. The zero-order valence-electron chi connectivity index (χ0n) is 9.27. The van der Waals surface area contributed by atoms with Crippen LogP contribution >= 0.6 is 33.9 Å². The minimum absolute atomic E-state index is 1.10. The predicted molar refractivity (Wildman–Crippen MR) is 82.5 cm³/mol. The van der Waals surface area contributed by atoms with Crippen molar-refractivity contribution in [1.82, 2.24) is 4.98 Å². The monoisotopic (exact) mass is 351 g/mol. The van der Waals surface area contributed by atoms with Gasteiger partial charge in [-0.15, -0.1) is 11.3 Å². The van der Waals surface area contributed by atoms with E-state index in [1.165, 1.54) is 19.4 Å². The van der Waals surface area contributed by atoms with Crippen LogP contribution in [0, 0.1) is 10.5 Å². The van der Waals surface area contributed by atoms with Crippen LogP contribution in [0.2, 0.25) is 0 Å². The van der Waals surface area contributed by atoms with Gasteiger partial charge in [-0.3, -0.25) is 0 Å². The minimum atomic E-state index is 1.10. The molecule has 1 nitrogen and oxygen atoms in total. The number of nitrogens with zero attached hydrogens (tertiary/aromatic N) is 1. The zero-order valence-corrected chi connectivity index (χ0v) is 12.2. The molecular weight excluding hydrogens is 341 g/mol. The Balaban J connectivity index is 2.18. The summed E-state index contributed by atoms with van der Waals surface area (Å²) >= 11 is 4.08. The fourth-order valence-corrected chi connectivity index (χ4v) is 3.21. The van der Waals surface area contributed by atoms with Crippen molar-refractivity contribution < 1.29 is 0 Å². The maximum Gasteiger partial charge on any atom is 0.124 e. The second kappa shape index (κ2) is 4.38. The van der Waals surface area contributed by atoms with E-state index in [1.54, 1.807) is 11.3 Å². The number of para-hydroxylation sites is 1. The summed E-state index contributed by atoms with van der Waals surface area (Å²) in [5.41, 5.74) is 3.58. The van der Waals surface area contributed by atoms with E-state index < -0.39 is 0 Å². The summed E-state index contributed by atoms with van der Waals surface area (Å²) < 4.78 is 2.52. The molecule has 0 aliphatic rings. The van der Waals surface area contributed by atoms with E-state index in [1.807, 2.05) is 0 Å². The number of hydrogen-bond donors (Lipinski definition) is 0. The number of halogens is 1. The van der Waals surface area contributed by atoms with E-state index in [0.717, 1.165) is 10.5 Å². The molecule has 1 heterocycles. The van der Waals surface area contributed by atoms with Gasteiger partial charge in [-0.05, 0) is 53.3 Å². The molecule has 84 valence electrons. The number of thiazole rings is 1. The van der Waals surface area contributed by atoms with Crippen LogP contribution < -0.4 is 0 Å². The van der Waals surface area contributed by atoms with Crippen LogP contribution in [0.25, 0.3) is 20.8 Å². The van der Waals surface area contributed by atoms with Crippen LogP contribution in [0.3, 0.4) is 0 Å². The molecule has 0 spiro atoms. The highest BCUT2D eigenvalue weighted by molar-refractivity contribution is 14.1. The van der Waals surface area contributed by atoms with Crippen molar-refractivity contribution in [2.75, 3.05) is 0 Å². The molecule has 0 unspecified atom stereocenters. The first kappa shape index (κ1) is 11.2. The van der Waals surface area contributed by atoms with Crippen LogP contribution in [0.4, 0.5) is 0 Å². The van der Waals surface area contributed by atoms with Crippen molar-refractivity contribution >= 4 is 44.1 Å². The van der Waals surface area contributed by atoms with Gasteiger partial charge in [-0.25, -0.2) is 4.98 Å². The lowest BCUT2D eigenvalue weighted by molar-refractivity contribution is 1.42. The Hall–Kier alpha value is -0.940. The van der Waals surface area contributed by atoms with Crippen LogP contribution in [0.15, 0.2) is 42.5 Å². The third-order valence-electron chi connectivity index (χ3n) is 2.71. The Morgan fingerprint density at radius 3 is 2.53 bits per heavy atom. The molecule has 1 aromatic heterocycles. The van der Waals surface area contributed by atoms with Gasteiger partial charge in [0, 0.05) is 9.13 Å². The van der Waals surface area contributed by atoms with Crippen molar-refractivity contribution in [3.8, 4) is 10.6 Å². The number of benzene rings is 2. The summed E-state index contributed by atoms with van der Waals surface area (Å²) in [4.78, 5) is 4.73. The summed E-state index contributed by atoms with van der Waals surface area (Å²) in [5, 5.41) is 1.10. The van der Waals surface area contributed by atoms with Crippen molar-refractivity contribution in [3.05, 3.63) is 51.6 Å². The van der Waals surface area contributed by atoms with Crippen LogP contribution in [0.1, 0.15) is 5.56 Å². The van der Waals surface area contributed by atoms with Gasteiger partial charge in [0.15, 0.2) is 0 Å². The van der Waals surface area contributed by atoms with Crippen molar-refractivity contribution in [3.63, 3.8) is 0 Å². The SMILES string of the molecule is Cc1cccc2sc(-c3ccc(I)cc3)nc12. The van der Waals surface area contributed by atoms with Gasteiger partial charge in [0.1, 0.15) is 5.01 Å². The average molecular weight is 351 g/mol. The van der Waals surface area contributed by atoms with E-state index in [0.29, 0.717) is 0 Å². The maximum absolute atomic E-state index is 4.73. The molecule has 0 N–H and O–H groups in total. The van der Waals surface area contributed by atoms with Crippen molar-refractivity contribution in [2.45, 2.75) is 6.92 Å². The van der Waals surface area contributed by atoms with Gasteiger partial charge >= 0.3 is 0 Å². The van der Waals surface area contributed by atoms with Gasteiger partial charge in [0.2, 0.25) is 0 Å². The Morgan fingerprint density at radius 1 is 1.06 bits per heavy atom. The number of aryl methyl sites for hydroxylation is 1. The molecule has 0 saturated carbocycles. The Labute approximate surface area is 118 Å². The van der Waals surface area contributed by atoms with Crippen molar-refractivity contribution in [1.29, 1.82) is 0 Å². The topological polar surface area (TPSA) is 12.9 Å². The third kappa shape index (κ3) is 2.09. The average Bonchev–Trinajstić information content (AvgIpc) is 2.75. The fourth-order valence-electron chi connectivity index (χ4n) is 1.80. The summed E-state index contributed by atoms with van der Waals surface area (Å²) in [7, 11) is 0. The molecule has 0 radical (unpaired) electrons. The Kier molecular flexibility index (Phi) is 2.88. The Morgan fingerprint density at radius 2 is 1.82 bits per heavy atom. The first-order valence-electron chi connectivity index (χ1n) is 5.36. The first-order chi connectivity index (χ1) is 8.24. The van der Waals surface area contributed by atoms with Crippen LogP contribution in [-0.4, -0.2) is 4.98 Å². The number of aromatic nitrogens is 1. The van der Waals surface area contributed by atoms with Gasteiger partial charge in [0.25, 0.3) is 0 Å². The molecule has 0 saturated heterocycles. The van der Waals surface area contributed by atoms with Gasteiger partial charge in [0.05, 0.1) is 10.2 Å². The highest BCUT2D eigenvalue weighted by Crippen LogP contribution is 2.31. The summed E-state index contributed by atoms with van der Waals surface area (Å²) in [6, 6.07) is 14.8. The molecule has 0 fully saturated rings. The second-order valence-corrected chi connectivity index (χ2v) is 6.22. The maximum atomic E-state index is 4.73. The minimum Gasteiger partial charge on any atom is -0.236 e. The molecule has 0 atom stereocenters. The molecule has 3 heteroatoms. The molecule has 0 amide bonds. The lowest BCUT2D eigenvalue weighted by atomic mass is 10.2. The number of hydrogen-bond acceptors (Lipinski definition) is 2. The van der Waals surface area contributed by atoms with Gasteiger partial charge < -0.3 is 0 Å². The van der Waals surface area contributed by atoms with E-state index in [2.05, 4.69) is 72.0 Å². The normalized spacial score (nSPS) is 10.9.